The minimum Gasteiger partial charge on any atom is -0.326 e. The third-order valence-electron chi connectivity index (χ3n) is 6.47. The second-order valence-electron chi connectivity index (χ2n) is 8.73. The summed E-state index contributed by atoms with van der Waals surface area (Å²) >= 11 is 0. The van der Waals surface area contributed by atoms with Gasteiger partial charge in [-0.2, -0.15) is 0 Å². The Balaban J connectivity index is 1.21. The fourth-order valence-corrected chi connectivity index (χ4v) is 4.40. The van der Waals surface area contributed by atoms with Crippen LogP contribution in [-0.4, -0.2) is 11.8 Å². The van der Waals surface area contributed by atoms with E-state index in [9.17, 15) is 9.59 Å². The van der Waals surface area contributed by atoms with Crippen LogP contribution >= 0.6 is 0 Å². The normalized spacial score (nSPS) is 23.6. The van der Waals surface area contributed by atoms with E-state index in [4.69, 9.17) is 0 Å². The van der Waals surface area contributed by atoms with Crippen molar-refractivity contribution < 1.29 is 9.59 Å². The van der Waals surface area contributed by atoms with Crippen LogP contribution in [0, 0.1) is 18.8 Å². The lowest BCUT2D eigenvalue weighted by atomic mass is 10.1. The van der Waals surface area contributed by atoms with Gasteiger partial charge in [-0.25, -0.2) is 0 Å². The lowest BCUT2D eigenvalue weighted by molar-refractivity contribution is -0.118. The minimum absolute atomic E-state index is 0.0122. The van der Waals surface area contributed by atoms with Crippen molar-refractivity contribution in [3.8, 4) is 0 Å². The predicted molar refractivity (Wildman–Crippen MR) is 123 cm³/mol. The molecule has 2 aliphatic carbocycles. The second-order valence-corrected chi connectivity index (χ2v) is 8.73. The van der Waals surface area contributed by atoms with E-state index < -0.39 is 0 Å². The van der Waals surface area contributed by atoms with E-state index in [2.05, 4.69) is 34.9 Å². The number of nitrogens with one attached hydrogen (secondary N) is 2. The maximum absolute atomic E-state index is 12.8. The molecule has 3 aromatic rings. The van der Waals surface area contributed by atoms with Gasteiger partial charge in [-0.3, -0.25) is 9.59 Å². The molecule has 3 aromatic carbocycles. The van der Waals surface area contributed by atoms with Crippen LogP contribution in [0.1, 0.15) is 41.4 Å². The highest BCUT2D eigenvalue weighted by molar-refractivity contribution is 5.98. The van der Waals surface area contributed by atoms with Crippen LogP contribution in [0.5, 0.6) is 0 Å². The van der Waals surface area contributed by atoms with Crippen LogP contribution in [0.3, 0.4) is 0 Å². The molecule has 5 rings (SSSR count). The highest BCUT2D eigenvalue weighted by atomic mass is 16.2. The molecule has 0 saturated heterocycles. The number of hydrogen-bond donors (Lipinski definition) is 2. The molecule has 0 heterocycles. The van der Waals surface area contributed by atoms with E-state index >= 15 is 0 Å². The Morgan fingerprint density at radius 3 is 1.77 bits per heavy atom. The number of carbonyl (C=O) groups excluding carboxylic acids is 2. The van der Waals surface area contributed by atoms with Crippen molar-refractivity contribution in [3.63, 3.8) is 0 Å². The minimum atomic E-state index is 0.0122. The molecule has 2 N–H and O–H groups in total. The summed E-state index contributed by atoms with van der Waals surface area (Å²) in [5.41, 5.74) is 4.91. The molecule has 2 amide bonds. The number of amides is 2. The standard InChI is InChI=1S/C27H26N2O2/c1-17-12-13-20(28-26(30)23-15-21(23)18-8-4-2-5-9-18)14-25(17)29-27(31)24-16-22(24)19-10-6-3-7-11-19/h2-14,21-24H,15-16H2,1H3,(H,28,30)(H,29,31)/t21-,22+,23-,24-/m1/s1. The number of anilines is 2. The van der Waals surface area contributed by atoms with Crippen molar-refractivity contribution in [2.75, 3.05) is 10.6 Å². The van der Waals surface area contributed by atoms with Gasteiger partial charge in [-0.05, 0) is 60.4 Å². The van der Waals surface area contributed by atoms with Crippen molar-refractivity contribution >= 4 is 23.2 Å². The molecule has 4 nitrogen and oxygen atoms in total. The summed E-state index contributed by atoms with van der Waals surface area (Å²) in [4.78, 5) is 25.5. The smallest absolute Gasteiger partial charge is 0.228 e. The van der Waals surface area contributed by atoms with E-state index in [1.165, 1.54) is 11.1 Å². The number of rotatable bonds is 6. The molecule has 4 heteroatoms. The largest absolute Gasteiger partial charge is 0.326 e. The molecule has 156 valence electrons. The number of hydrogen-bond acceptors (Lipinski definition) is 2. The molecule has 2 aliphatic rings. The Bertz CT molecular complexity index is 1110. The Morgan fingerprint density at radius 2 is 1.23 bits per heavy atom. The first-order chi connectivity index (χ1) is 15.1. The topological polar surface area (TPSA) is 58.2 Å². The van der Waals surface area contributed by atoms with Crippen molar-refractivity contribution in [3.05, 3.63) is 95.6 Å². The fraction of sp³-hybridized carbons (Fsp3) is 0.259. The fourth-order valence-electron chi connectivity index (χ4n) is 4.40. The lowest BCUT2D eigenvalue weighted by Crippen LogP contribution is -2.17. The molecular formula is C27H26N2O2. The highest BCUT2D eigenvalue weighted by Crippen LogP contribution is 2.49. The maximum atomic E-state index is 12.8. The first kappa shape index (κ1) is 19.6. The molecule has 0 aromatic heterocycles. The van der Waals surface area contributed by atoms with E-state index in [1.807, 2.05) is 61.5 Å². The maximum Gasteiger partial charge on any atom is 0.228 e. The van der Waals surface area contributed by atoms with Gasteiger partial charge in [0.2, 0.25) is 11.8 Å². The third-order valence-corrected chi connectivity index (χ3v) is 6.47. The molecule has 0 bridgehead atoms. The monoisotopic (exact) mass is 410 g/mol. The van der Waals surface area contributed by atoms with E-state index in [0.29, 0.717) is 11.8 Å². The van der Waals surface area contributed by atoms with Crippen LogP contribution in [0.2, 0.25) is 0 Å². The molecule has 2 fully saturated rings. The Morgan fingerprint density at radius 1 is 0.710 bits per heavy atom. The van der Waals surface area contributed by atoms with Gasteiger partial charge in [-0.1, -0.05) is 66.7 Å². The van der Waals surface area contributed by atoms with E-state index in [-0.39, 0.29) is 23.7 Å². The van der Waals surface area contributed by atoms with Crippen molar-refractivity contribution in [2.24, 2.45) is 11.8 Å². The quantitative estimate of drug-likeness (QED) is 0.565. The molecule has 0 spiro atoms. The van der Waals surface area contributed by atoms with Gasteiger partial charge in [0.05, 0.1) is 0 Å². The zero-order valence-corrected chi connectivity index (χ0v) is 17.5. The molecule has 0 radical (unpaired) electrons. The average Bonchev–Trinajstić information content (AvgIpc) is 3.70. The Hall–Kier alpha value is -3.40. The highest BCUT2D eigenvalue weighted by Gasteiger charge is 2.44. The molecule has 4 atom stereocenters. The van der Waals surface area contributed by atoms with Gasteiger partial charge in [0.25, 0.3) is 0 Å². The van der Waals surface area contributed by atoms with Gasteiger partial charge >= 0.3 is 0 Å². The Kier molecular flexibility index (Phi) is 5.06. The van der Waals surface area contributed by atoms with Gasteiger partial charge < -0.3 is 10.6 Å². The van der Waals surface area contributed by atoms with E-state index in [1.54, 1.807) is 0 Å². The van der Waals surface area contributed by atoms with Gasteiger partial charge in [0.1, 0.15) is 0 Å². The lowest BCUT2D eigenvalue weighted by Gasteiger charge is -2.12. The van der Waals surface area contributed by atoms with Crippen LogP contribution in [-0.2, 0) is 9.59 Å². The molecule has 0 aliphatic heterocycles. The SMILES string of the molecule is Cc1ccc(NC(=O)[C@@H]2C[C@@H]2c2ccccc2)cc1NC(=O)[C@@H]1C[C@H]1c1ccccc1. The zero-order chi connectivity index (χ0) is 21.4. The summed E-state index contributed by atoms with van der Waals surface area (Å²) in [6.07, 6.45) is 1.77. The van der Waals surface area contributed by atoms with Crippen molar-refractivity contribution in [2.45, 2.75) is 31.6 Å². The summed E-state index contributed by atoms with van der Waals surface area (Å²) in [5.74, 6) is 0.718. The predicted octanol–water partition coefficient (Wildman–Crippen LogP) is 5.48. The summed E-state index contributed by atoms with van der Waals surface area (Å²) in [5, 5.41) is 6.11. The summed E-state index contributed by atoms with van der Waals surface area (Å²) in [7, 11) is 0. The second kappa shape index (κ2) is 8.03. The van der Waals surface area contributed by atoms with Gasteiger partial charge in [-0.15, -0.1) is 0 Å². The van der Waals surface area contributed by atoms with Crippen molar-refractivity contribution in [1.82, 2.24) is 0 Å². The zero-order valence-electron chi connectivity index (χ0n) is 17.5. The molecule has 31 heavy (non-hydrogen) atoms. The van der Waals surface area contributed by atoms with Gasteiger partial charge in [0, 0.05) is 23.2 Å². The molecular weight excluding hydrogens is 384 g/mol. The summed E-state index contributed by atoms with van der Waals surface area (Å²) in [6, 6.07) is 26.1. The molecule has 2 saturated carbocycles. The first-order valence-corrected chi connectivity index (χ1v) is 10.9. The summed E-state index contributed by atoms with van der Waals surface area (Å²) < 4.78 is 0. The Labute approximate surface area is 182 Å². The number of benzene rings is 3. The third kappa shape index (κ3) is 4.24. The number of aryl methyl sites for hydroxylation is 1. The van der Waals surface area contributed by atoms with Crippen LogP contribution in [0.4, 0.5) is 11.4 Å². The number of carbonyl (C=O) groups is 2. The van der Waals surface area contributed by atoms with Crippen LogP contribution < -0.4 is 10.6 Å². The van der Waals surface area contributed by atoms with Gasteiger partial charge in [0.15, 0.2) is 0 Å². The van der Waals surface area contributed by atoms with Crippen LogP contribution in [0.15, 0.2) is 78.9 Å². The van der Waals surface area contributed by atoms with Crippen LogP contribution in [0.25, 0.3) is 0 Å². The average molecular weight is 411 g/mol. The van der Waals surface area contributed by atoms with E-state index in [0.717, 1.165) is 29.8 Å². The summed E-state index contributed by atoms with van der Waals surface area (Å²) in [6.45, 7) is 1.97. The van der Waals surface area contributed by atoms with Crippen molar-refractivity contribution in [1.29, 1.82) is 0 Å². The molecule has 0 unspecified atom stereocenters. The first-order valence-electron chi connectivity index (χ1n) is 10.9.